The smallest absolute Gasteiger partial charge is 0.311 e. The van der Waals surface area contributed by atoms with Crippen LogP contribution in [0.25, 0.3) is 5.65 Å². The highest BCUT2D eigenvalue weighted by atomic mass is 16.5. The standard InChI is InChI=1S/C9H10N4O2/c1-15-7(14)4-6-5-13-3-2-11-8(10)9(13)12-6/h2-3,5H,4H2,1H3,(H2,10,11). The molecule has 2 N–H and O–H groups in total. The fourth-order valence-corrected chi connectivity index (χ4v) is 1.30. The minimum atomic E-state index is -0.329. The summed E-state index contributed by atoms with van der Waals surface area (Å²) in [4.78, 5) is 19.1. The van der Waals surface area contributed by atoms with Crippen LogP contribution in [0.1, 0.15) is 5.69 Å². The molecule has 78 valence electrons. The summed E-state index contributed by atoms with van der Waals surface area (Å²) in [6, 6.07) is 0. The molecule has 2 aromatic rings. The van der Waals surface area contributed by atoms with Crippen molar-refractivity contribution in [1.82, 2.24) is 14.4 Å². The Labute approximate surface area is 85.7 Å². The number of rotatable bonds is 2. The molecule has 0 amide bonds. The molecule has 2 aromatic heterocycles. The lowest BCUT2D eigenvalue weighted by atomic mass is 10.3. The number of fused-ring (bicyclic) bond motifs is 1. The lowest BCUT2D eigenvalue weighted by molar-refractivity contribution is -0.139. The van der Waals surface area contributed by atoms with Crippen LogP contribution in [0.2, 0.25) is 0 Å². The molecule has 15 heavy (non-hydrogen) atoms. The largest absolute Gasteiger partial charge is 0.469 e. The molecule has 2 heterocycles. The van der Waals surface area contributed by atoms with Crippen molar-refractivity contribution >= 4 is 17.4 Å². The minimum Gasteiger partial charge on any atom is -0.469 e. The first-order valence-corrected chi connectivity index (χ1v) is 4.35. The Kier molecular flexibility index (Phi) is 2.24. The minimum absolute atomic E-state index is 0.137. The van der Waals surface area contributed by atoms with Gasteiger partial charge < -0.3 is 14.9 Å². The Morgan fingerprint density at radius 1 is 1.67 bits per heavy atom. The first-order chi connectivity index (χ1) is 7.20. The van der Waals surface area contributed by atoms with Crippen LogP contribution in [-0.4, -0.2) is 27.4 Å². The molecule has 0 aliphatic carbocycles. The molecule has 6 heteroatoms. The molecule has 0 radical (unpaired) electrons. The van der Waals surface area contributed by atoms with Gasteiger partial charge in [0.2, 0.25) is 0 Å². The monoisotopic (exact) mass is 206 g/mol. The second-order valence-electron chi connectivity index (χ2n) is 3.03. The Morgan fingerprint density at radius 2 is 2.47 bits per heavy atom. The maximum absolute atomic E-state index is 11.0. The van der Waals surface area contributed by atoms with Gasteiger partial charge in [-0.3, -0.25) is 4.79 Å². The van der Waals surface area contributed by atoms with Crippen LogP contribution in [0, 0.1) is 0 Å². The molecule has 0 atom stereocenters. The Morgan fingerprint density at radius 3 is 3.13 bits per heavy atom. The summed E-state index contributed by atoms with van der Waals surface area (Å²) in [7, 11) is 1.34. The van der Waals surface area contributed by atoms with E-state index in [0.29, 0.717) is 17.2 Å². The van der Waals surface area contributed by atoms with Crippen molar-refractivity contribution in [2.24, 2.45) is 0 Å². The van der Waals surface area contributed by atoms with Gasteiger partial charge in [0, 0.05) is 18.6 Å². The molecular formula is C9H10N4O2. The van der Waals surface area contributed by atoms with E-state index in [-0.39, 0.29) is 12.4 Å². The number of anilines is 1. The second-order valence-corrected chi connectivity index (χ2v) is 3.03. The quantitative estimate of drug-likeness (QED) is 0.701. The number of imidazole rings is 1. The van der Waals surface area contributed by atoms with Gasteiger partial charge >= 0.3 is 5.97 Å². The van der Waals surface area contributed by atoms with Crippen LogP contribution in [0.3, 0.4) is 0 Å². The first-order valence-electron chi connectivity index (χ1n) is 4.35. The van der Waals surface area contributed by atoms with Gasteiger partial charge in [0.1, 0.15) is 0 Å². The van der Waals surface area contributed by atoms with E-state index in [9.17, 15) is 4.79 Å². The third-order valence-electron chi connectivity index (χ3n) is 2.01. The number of hydrogen-bond donors (Lipinski definition) is 1. The number of carbonyl (C=O) groups is 1. The predicted octanol–water partition coefficient (Wildman–Crippen LogP) is 0.0270. The molecule has 0 saturated carbocycles. The summed E-state index contributed by atoms with van der Waals surface area (Å²) >= 11 is 0. The van der Waals surface area contributed by atoms with E-state index in [1.807, 2.05) is 0 Å². The summed E-state index contributed by atoms with van der Waals surface area (Å²) in [6.45, 7) is 0. The zero-order valence-electron chi connectivity index (χ0n) is 8.17. The average molecular weight is 206 g/mol. The van der Waals surface area contributed by atoms with Gasteiger partial charge in [0.05, 0.1) is 19.2 Å². The lowest BCUT2D eigenvalue weighted by Crippen LogP contribution is -2.04. The zero-order chi connectivity index (χ0) is 10.8. The number of esters is 1. The van der Waals surface area contributed by atoms with Crippen LogP contribution in [0.15, 0.2) is 18.6 Å². The van der Waals surface area contributed by atoms with Crippen LogP contribution in [0.4, 0.5) is 5.82 Å². The van der Waals surface area contributed by atoms with E-state index in [2.05, 4.69) is 14.7 Å². The van der Waals surface area contributed by atoms with Gasteiger partial charge in [-0.1, -0.05) is 0 Å². The van der Waals surface area contributed by atoms with E-state index in [1.54, 1.807) is 23.0 Å². The Bertz CT molecular complexity index is 506. The van der Waals surface area contributed by atoms with Crippen LogP contribution in [0.5, 0.6) is 0 Å². The van der Waals surface area contributed by atoms with Gasteiger partial charge in [-0.25, -0.2) is 9.97 Å². The molecule has 0 unspecified atom stereocenters. The van der Waals surface area contributed by atoms with Crippen molar-refractivity contribution in [3.05, 3.63) is 24.3 Å². The van der Waals surface area contributed by atoms with Crippen LogP contribution in [-0.2, 0) is 16.0 Å². The number of ether oxygens (including phenoxy) is 1. The lowest BCUT2D eigenvalue weighted by Gasteiger charge is -1.93. The van der Waals surface area contributed by atoms with Crippen molar-refractivity contribution < 1.29 is 9.53 Å². The van der Waals surface area contributed by atoms with E-state index < -0.39 is 0 Å². The van der Waals surface area contributed by atoms with Gasteiger partial charge in [0.15, 0.2) is 11.5 Å². The molecule has 0 fully saturated rings. The number of nitrogen functional groups attached to an aromatic ring is 1. The highest BCUT2D eigenvalue weighted by Gasteiger charge is 2.08. The van der Waals surface area contributed by atoms with Crippen molar-refractivity contribution in [2.45, 2.75) is 6.42 Å². The summed E-state index contributed by atoms with van der Waals surface area (Å²) in [5.41, 5.74) is 6.79. The molecule has 0 bridgehead atoms. The molecule has 0 saturated heterocycles. The van der Waals surface area contributed by atoms with Gasteiger partial charge in [-0.15, -0.1) is 0 Å². The van der Waals surface area contributed by atoms with E-state index >= 15 is 0 Å². The molecular weight excluding hydrogens is 196 g/mol. The van der Waals surface area contributed by atoms with E-state index in [1.165, 1.54) is 7.11 Å². The second kappa shape index (κ2) is 3.56. The fourth-order valence-electron chi connectivity index (χ4n) is 1.30. The summed E-state index contributed by atoms with van der Waals surface area (Å²) in [5.74, 6) is 0.0125. The number of aromatic nitrogens is 3. The van der Waals surface area contributed by atoms with Crippen LogP contribution >= 0.6 is 0 Å². The molecule has 0 aliphatic rings. The number of nitrogens with zero attached hydrogens (tertiary/aromatic N) is 3. The van der Waals surface area contributed by atoms with Gasteiger partial charge in [-0.2, -0.15) is 0 Å². The van der Waals surface area contributed by atoms with Gasteiger partial charge in [-0.05, 0) is 0 Å². The molecule has 0 aromatic carbocycles. The van der Waals surface area contributed by atoms with Crippen LogP contribution < -0.4 is 5.73 Å². The summed E-state index contributed by atoms with van der Waals surface area (Å²) < 4.78 is 6.27. The summed E-state index contributed by atoms with van der Waals surface area (Å²) in [6.07, 6.45) is 5.16. The number of methoxy groups -OCH3 is 1. The average Bonchev–Trinajstić information content (AvgIpc) is 2.62. The van der Waals surface area contributed by atoms with Gasteiger partial charge in [0.25, 0.3) is 0 Å². The summed E-state index contributed by atoms with van der Waals surface area (Å²) in [5, 5.41) is 0. The Hall–Kier alpha value is -2.11. The predicted molar refractivity (Wildman–Crippen MR) is 53.1 cm³/mol. The molecule has 0 spiro atoms. The molecule has 0 aliphatic heterocycles. The topological polar surface area (TPSA) is 82.5 Å². The van der Waals surface area contributed by atoms with E-state index in [4.69, 9.17) is 5.73 Å². The zero-order valence-corrected chi connectivity index (χ0v) is 8.17. The number of nitrogens with two attached hydrogens (primary N) is 1. The first kappa shape index (κ1) is 9.45. The third kappa shape index (κ3) is 1.74. The fraction of sp³-hybridized carbons (Fsp3) is 0.222. The third-order valence-corrected chi connectivity index (χ3v) is 2.01. The number of carbonyl (C=O) groups excluding carboxylic acids is 1. The SMILES string of the molecule is COC(=O)Cc1cn2ccnc(N)c2n1. The van der Waals surface area contributed by atoms with Crippen molar-refractivity contribution in [2.75, 3.05) is 12.8 Å². The molecule has 2 rings (SSSR count). The highest BCUT2D eigenvalue weighted by molar-refractivity contribution is 5.72. The maximum Gasteiger partial charge on any atom is 0.311 e. The number of hydrogen-bond acceptors (Lipinski definition) is 5. The Balaban J connectivity index is 2.39. The van der Waals surface area contributed by atoms with Crippen molar-refractivity contribution in [1.29, 1.82) is 0 Å². The van der Waals surface area contributed by atoms with E-state index in [0.717, 1.165) is 0 Å². The molecule has 6 nitrogen and oxygen atoms in total. The highest BCUT2D eigenvalue weighted by Crippen LogP contribution is 2.10. The van der Waals surface area contributed by atoms with Crippen molar-refractivity contribution in [3.63, 3.8) is 0 Å². The maximum atomic E-state index is 11.0. The van der Waals surface area contributed by atoms with Crippen molar-refractivity contribution in [3.8, 4) is 0 Å². The normalized spacial score (nSPS) is 10.5.